The largest absolute Gasteiger partial charge is 0.462 e. The Morgan fingerprint density at radius 3 is 2.68 bits per heavy atom. The van der Waals surface area contributed by atoms with Crippen molar-refractivity contribution >= 4 is 28.2 Å². The molecule has 0 spiro atoms. The third-order valence-electron chi connectivity index (χ3n) is 4.70. The fraction of sp³-hybridized carbons (Fsp3) is 0.400. The number of carbonyl (C=O) groups excluding carboxylic acids is 2. The third kappa shape index (κ3) is 4.06. The van der Waals surface area contributed by atoms with Gasteiger partial charge in [-0.1, -0.05) is 19.1 Å². The average molecular weight is 411 g/mol. The number of ether oxygens (including phenoxy) is 1. The summed E-state index contributed by atoms with van der Waals surface area (Å²) in [5.74, 6) is -1.02. The van der Waals surface area contributed by atoms with Gasteiger partial charge in [-0.3, -0.25) is 4.79 Å². The van der Waals surface area contributed by atoms with Crippen molar-refractivity contribution in [2.24, 2.45) is 5.92 Å². The zero-order valence-corrected chi connectivity index (χ0v) is 16.3. The maximum absolute atomic E-state index is 13.2. The summed E-state index contributed by atoms with van der Waals surface area (Å²) in [7, 11) is 0. The first-order chi connectivity index (χ1) is 13.2. The van der Waals surface area contributed by atoms with E-state index in [1.54, 1.807) is 6.92 Å². The Hall–Kier alpha value is -2.35. The number of anilines is 1. The van der Waals surface area contributed by atoms with Crippen LogP contribution in [0.2, 0.25) is 0 Å². The summed E-state index contributed by atoms with van der Waals surface area (Å²) in [4.78, 5) is 26.1. The molecule has 1 aromatic heterocycles. The molecule has 1 aliphatic rings. The summed E-state index contributed by atoms with van der Waals surface area (Å²) in [6, 6.07) is 4.59. The van der Waals surface area contributed by atoms with Crippen LogP contribution in [0.3, 0.4) is 0 Å². The second kappa shape index (κ2) is 7.95. The summed E-state index contributed by atoms with van der Waals surface area (Å²) in [5, 5.41) is 2.78. The van der Waals surface area contributed by atoms with Crippen LogP contribution in [0.25, 0.3) is 0 Å². The van der Waals surface area contributed by atoms with Crippen LogP contribution >= 0.6 is 11.3 Å². The van der Waals surface area contributed by atoms with Crippen molar-refractivity contribution < 1.29 is 27.5 Å². The highest BCUT2D eigenvalue weighted by molar-refractivity contribution is 7.17. The van der Waals surface area contributed by atoms with Gasteiger partial charge < -0.3 is 10.1 Å². The summed E-state index contributed by atoms with van der Waals surface area (Å²) >= 11 is 1.24. The molecular weight excluding hydrogens is 391 g/mol. The van der Waals surface area contributed by atoms with Crippen LogP contribution in [0, 0.1) is 5.92 Å². The van der Waals surface area contributed by atoms with Crippen LogP contribution in [-0.2, 0) is 23.8 Å². The SMILES string of the molecule is CCOC(=O)c1c(NC(=O)c2ccccc2C(F)(F)F)sc2c1CCC(C)C2. The molecule has 0 radical (unpaired) electrons. The lowest BCUT2D eigenvalue weighted by Gasteiger charge is -2.18. The lowest BCUT2D eigenvalue weighted by Crippen LogP contribution is -2.20. The molecule has 0 bridgehead atoms. The zero-order valence-electron chi connectivity index (χ0n) is 15.5. The molecule has 2 aromatic rings. The van der Waals surface area contributed by atoms with Crippen molar-refractivity contribution in [3.63, 3.8) is 0 Å². The fourth-order valence-electron chi connectivity index (χ4n) is 3.36. The van der Waals surface area contributed by atoms with E-state index in [2.05, 4.69) is 12.2 Å². The average Bonchev–Trinajstić information content (AvgIpc) is 2.98. The lowest BCUT2D eigenvalue weighted by atomic mass is 9.88. The second-order valence-corrected chi connectivity index (χ2v) is 7.88. The first kappa shape index (κ1) is 20.4. The molecule has 1 aromatic carbocycles. The Balaban J connectivity index is 1.99. The molecule has 8 heteroatoms. The Bertz CT molecular complexity index is 905. The number of halogens is 3. The molecule has 1 heterocycles. The van der Waals surface area contributed by atoms with Crippen LogP contribution in [0.5, 0.6) is 0 Å². The van der Waals surface area contributed by atoms with Crippen molar-refractivity contribution in [3.05, 3.63) is 51.4 Å². The van der Waals surface area contributed by atoms with Crippen LogP contribution < -0.4 is 5.32 Å². The molecule has 28 heavy (non-hydrogen) atoms. The minimum Gasteiger partial charge on any atom is -0.462 e. The number of hydrogen-bond acceptors (Lipinski definition) is 4. The van der Waals surface area contributed by atoms with E-state index in [1.807, 2.05) is 0 Å². The number of benzene rings is 1. The van der Waals surface area contributed by atoms with Crippen molar-refractivity contribution in [1.29, 1.82) is 0 Å². The Morgan fingerprint density at radius 2 is 2.00 bits per heavy atom. The normalized spacial score (nSPS) is 16.4. The van der Waals surface area contributed by atoms with E-state index in [-0.39, 0.29) is 17.2 Å². The number of amides is 1. The van der Waals surface area contributed by atoms with Gasteiger partial charge in [0.15, 0.2) is 0 Å². The second-order valence-electron chi connectivity index (χ2n) is 6.77. The molecule has 1 amide bonds. The third-order valence-corrected chi connectivity index (χ3v) is 5.87. The van der Waals surface area contributed by atoms with E-state index in [0.29, 0.717) is 12.3 Å². The predicted molar refractivity (Wildman–Crippen MR) is 101 cm³/mol. The predicted octanol–water partition coefficient (Wildman–Crippen LogP) is 5.32. The summed E-state index contributed by atoms with van der Waals surface area (Å²) in [6.45, 7) is 3.95. The standard InChI is InChI=1S/C20H20F3NO3S/c1-3-27-19(26)16-13-9-8-11(2)10-15(13)28-18(16)24-17(25)12-6-4-5-7-14(12)20(21,22)23/h4-7,11H,3,8-10H2,1-2H3,(H,24,25). The molecule has 4 nitrogen and oxygen atoms in total. The Kier molecular flexibility index (Phi) is 5.79. The van der Waals surface area contributed by atoms with Gasteiger partial charge in [0.25, 0.3) is 5.91 Å². The number of rotatable bonds is 4. The van der Waals surface area contributed by atoms with Gasteiger partial charge in [0.05, 0.1) is 23.3 Å². The van der Waals surface area contributed by atoms with Gasteiger partial charge >= 0.3 is 12.1 Å². The summed E-state index contributed by atoms with van der Waals surface area (Å²) in [6.07, 6.45) is -2.31. The number of carbonyl (C=O) groups is 2. The van der Waals surface area contributed by atoms with Gasteiger partial charge in [-0.25, -0.2) is 4.79 Å². The number of nitrogens with one attached hydrogen (secondary N) is 1. The molecule has 0 fully saturated rings. The number of alkyl halides is 3. The Morgan fingerprint density at radius 1 is 1.29 bits per heavy atom. The molecule has 0 saturated heterocycles. The van der Waals surface area contributed by atoms with Crippen molar-refractivity contribution in [1.82, 2.24) is 0 Å². The van der Waals surface area contributed by atoms with Crippen molar-refractivity contribution in [2.75, 3.05) is 11.9 Å². The maximum atomic E-state index is 13.2. The van der Waals surface area contributed by atoms with Gasteiger partial charge in [0.1, 0.15) is 5.00 Å². The molecule has 3 rings (SSSR count). The van der Waals surface area contributed by atoms with E-state index >= 15 is 0 Å². The molecule has 1 unspecified atom stereocenters. The van der Waals surface area contributed by atoms with Crippen LogP contribution in [-0.4, -0.2) is 18.5 Å². The zero-order chi connectivity index (χ0) is 20.5. The number of fused-ring (bicyclic) bond motifs is 1. The molecule has 0 aliphatic heterocycles. The smallest absolute Gasteiger partial charge is 0.417 e. The highest BCUT2D eigenvalue weighted by atomic mass is 32.1. The summed E-state index contributed by atoms with van der Waals surface area (Å²) in [5.41, 5.74) is -0.391. The van der Waals surface area contributed by atoms with Crippen LogP contribution in [0.15, 0.2) is 24.3 Å². The fourth-order valence-corrected chi connectivity index (χ4v) is 4.75. The number of hydrogen-bond donors (Lipinski definition) is 1. The van der Waals surface area contributed by atoms with Gasteiger partial charge in [-0.2, -0.15) is 13.2 Å². The minimum absolute atomic E-state index is 0.171. The molecule has 0 saturated carbocycles. The van der Waals surface area contributed by atoms with E-state index in [9.17, 15) is 22.8 Å². The monoisotopic (exact) mass is 411 g/mol. The van der Waals surface area contributed by atoms with Gasteiger partial charge in [-0.15, -0.1) is 11.3 Å². The lowest BCUT2D eigenvalue weighted by molar-refractivity contribution is -0.137. The molecule has 1 N–H and O–H groups in total. The molecular formula is C20H20F3NO3S. The maximum Gasteiger partial charge on any atom is 0.417 e. The first-order valence-corrected chi connectivity index (χ1v) is 9.83. The topological polar surface area (TPSA) is 55.4 Å². The van der Waals surface area contributed by atoms with Gasteiger partial charge in [-0.05, 0) is 49.8 Å². The van der Waals surface area contributed by atoms with Crippen molar-refractivity contribution in [2.45, 2.75) is 39.3 Å². The van der Waals surface area contributed by atoms with E-state index in [1.165, 1.54) is 23.5 Å². The number of esters is 1. The molecule has 1 atom stereocenters. The highest BCUT2D eigenvalue weighted by Gasteiger charge is 2.36. The van der Waals surface area contributed by atoms with Crippen LogP contribution in [0.4, 0.5) is 18.2 Å². The van der Waals surface area contributed by atoms with E-state index < -0.39 is 29.2 Å². The quantitative estimate of drug-likeness (QED) is 0.693. The molecule has 150 valence electrons. The van der Waals surface area contributed by atoms with E-state index in [0.717, 1.165) is 35.4 Å². The summed E-state index contributed by atoms with van der Waals surface area (Å²) < 4.78 is 44.8. The first-order valence-electron chi connectivity index (χ1n) is 9.01. The van der Waals surface area contributed by atoms with E-state index in [4.69, 9.17) is 4.74 Å². The van der Waals surface area contributed by atoms with Gasteiger partial charge in [0.2, 0.25) is 0 Å². The highest BCUT2D eigenvalue weighted by Crippen LogP contribution is 2.40. The van der Waals surface area contributed by atoms with Crippen molar-refractivity contribution in [3.8, 4) is 0 Å². The number of thiophene rings is 1. The van der Waals surface area contributed by atoms with Crippen LogP contribution in [0.1, 0.15) is 57.0 Å². The minimum atomic E-state index is -4.65. The van der Waals surface area contributed by atoms with Gasteiger partial charge in [0, 0.05) is 4.88 Å². The Labute approximate surface area is 164 Å². The molecule has 1 aliphatic carbocycles.